The average molecular weight is 441 g/mol. The maximum Gasteiger partial charge on any atom is 0.258 e. The number of carbonyl (C=O) groups excluding carboxylic acids is 1. The lowest BCUT2D eigenvalue weighted by atomic mass is 10.1. The molecule has 0 aliphatic heterocycles. The first-order valence-corrected chi connectivity index (χ1v) is 10.8. The van der Waals surface area contributed by atoms with Crippen molar-refractivity contribution in [2.75, 3.05) is 34.4 Å². The molecular formula is C24H32N4O4. The van der Waals surface area contributed by atoms with E-state index in [1.54, 1.807) is 21.3 Å². The zero-order chi connectivity index (χ0) is 22.8. The van der Waals surface area contributed by atoms with Gasteiger partial charge in [0.25, 0.3) is 5.91 Å². The lowest BCUT2D eigenvalue weighted by molar-refractivity contribution is -0.123. The van der Waals surface area contributed by atoms with Crippen LogP contribution in [0.1, 0.15) is 24.0 Å². The number of benzene rings is 2. The van der Waals surface area contributed by atoms with Crippen LogP contribution in [-0.2, 0) is 17.8 Å². The number of guanidine groups is 1. The number of nitrogens with one attached hydrogen (secondary N) is 3. The second-order valence-corrected chi connectivity index (χ2v) is 7.55. The first-order chi connectivity index (χ1) is 15.6. The normalized spacial score (nSPS) is 13.3. The van der Waals surface area contributed by atoms with E-state index in [2.05, 4.69) is 20.9 Å². The summed E-state index contributed by atoms with van der Waals surface area (Å²) < 4.78 is 16.2. The summed E-state index contributed by atoms with van der Waals surface area (Å²) in [5, 5.41) is 9.52. The van der Waals surface area contributed by atoms with Gasteiger partial charge in [0.05, 0.1) is 14.2 Å². The van der Waals surface area contributed by atoms with E-state index in [0.29, 0.717) is 24.3 Å². The highest BCUT2D eigenvalue weighted by Gasteiger charge is 2.23. The summed E-state index contributed by atoms with van der Waals surface area (Å²) in [6.45, 7) is 1.36. The molecule has 32 heavy (non-hydrogen) atoms. The van der Waals surface area contributed by atoms with Crippen molar-refractivity contribution in [2.24, 2.45) is 4.99 Å². The third kappa shape index (κ3) is 7.37. The van der Waals surface area contributed by atoms with Crippen LogP contribution in [0.25, 0.3) is 0 Å². The summed E-state index contributed by atoms with van der Waals surface area (Å²) in [5.74, 6) is 2.86. The topological polar surface area (TPSA) is 93.2 Å². The maximum atomic E-state index is 11.7. The molecule has 0 saturated heterocycles. The summed E-state index contributed by atoms with van der Waals surface area (Å²) >= 11 is 0. The highest BCUT2D eigenvalue weighted by Crippen LogP contribution is 2.24. The van der Waals surface area contributed by atoms with E-state index < -0.39 is 0 Å². The molecule has 1 fully saturated rings. The predicted octanol–water partition coefficient (Wildman–Crippen LogP) is 2.27. The van der Waals surface area contributed by atoms with Gasteiger partial charge in [-0.05, 0) is 49.1 Å². The Balaban J connectivity index is 1.39. The molecule has 2 aromatic carbocycles. The molecule has 0 spiro atoms. The van der Waals surface area contributed by atoms with Crippen molar-refractivity contribution in [1.82, 2.24) is 16.0 Å². The molecule has 1 amide bonds. The van der Waals surface area contributed by atoms with Gasteiger partial charge in [-0.2, -0.15) is 0 Å². The number of ether oxygens (including phenoxy) is 3. The highest BCUT2D eigenvalue weighted by atomic mass is 16.5. The number of hydrogen-bond acceptors (Lipinski definition) is 5. The summed E-state index contributed by atoms with van der Waals surface area (Å²) in [5.41, 5.74) is 2.18. The van der Waals surface area contributed by atoms with Gasteiger partial charge >= 0.3 is 0 Å². The molecule has 3 N–H and O–H groups in total. The standard InChI is InChI=1S/C24H32N4O4/c1-25-24(27-15-18-6-11-21(30-2)14-22(18)31-3)26-13-12-17-4-9-20(10-5-17)32-16-23(29)28-19-7-8-19/h4-6,9-11,14,19H,7-8,12-13,15-16H2,1-3H3,(H,28,29)(H2,25,26,27). The van der Waals surface area contributed by atoms with Crippen molar-refractivity contribution < 1.29 is 19.0 Å². The number of amides is 1. The van der Waals surface area contributed by atoms with Crippen LogP contribution < -0.4 is 30.2 Å². The second kappa shape index (κ2) is 11.8. The van der Waals surface area contributed by atoms with Gasteiger partial charge < -0.3 is 30.2 Å². The van der Waals surface area contributed by atoms with E-state index in [9.17, 15) is 4.79 Å². The van der Waals surface area contributed by atoms with Crippen molar-refractivity contribution in [3.8, 4) is 17.2 Å². The van der Waals surface area contributed by atoms with Crippen molar-refractivity contribution >= 4 is 11.9 Å². The Morgan fingerprint density at radius 3 is 2.44 bits per heavy atom. The minimum atomic E-state index is -0.0630. The summed E-state index contributed by atoms with van der Waals surface area (Å²) in [6, 6.07) is 13.9. The lowest BCUT2D eigenvalue weighted by Crippen LogP contribution is -2.37. The maximum absolute atomic E-state index is 11.7. The van der Waals surface area contributed by atoms with Gasteiger partial charge in [0.1, 0.15) is 17.2 Å². The third-order valence-electron chi connectivity index (χ3n) is 5.11. The Hall–Kier alpha value is -3.42. The van der Waals surface area contributed by atoms with Gasteiger partial charge in [-0.3, -0.25) is 9.79 Å². The molecule has 0 radical (unpaired) electrons. The zero-order valence-electron chi connectivity index (χ0n) is 18.9. The van der Waals surface area contributed by atoms with Crippen molar-refractivity contribution in [3.63, 3.8) is 0 Å². The number of carbonyl (C=O) groups is 1. The Kier molecular flexibility index (Phi) is 8.60. The fourth-order valence-electron chi connectivity index (χ4n) is 3.12. The van der Waals surface area contributed by atoms with Crippen LogP contribution in [0.5, 0.6) is 17.2 Å². The molecule has 2 aromatic rings. The molecule has 1 aliphatic rings. The quantitative estimate of drug-likeness (QED) is 0.367. The Morgan fingerprint density at radius 1 is 1.03 bits per heavy atom. The number of hydrogen-bond donors (Lipinski definition) is 3. The minimum Gasteiger partial charge on any atom is -0.497 e. The van der Waals surface area contributed by atoms with Crippen LogP contribution >= 0.6 is 0 Å². The molecule has 0 aromatic heterocycles. The molecular weight excluding hydrogens is 408 g/mol. The van der Waals surface area contributed by atoms with E-state index in [1.165, 1.54) is 5.56 Å². The van der Waals surface area contributed by atoms with Crippen molar-refractivity contribution in [1.29, 1.82) is 0 Å². The fraction of sp³-hybridized carbons (Fsp3) is 0.417. The van der Waals surface area contributed by atoms with Crippen LogP contribution in [0.2, 0.25) is 0 Å². The Bertz CT molecular complexity index is 911. The molecule has 3 rings (SSSR count). The van der Waals surface area contributed by atoms with Crippen LogP contribution in [-0.4, -0.2) is 52.3 Å². The van der Waals surface area contributed by atoms with E-state index in [4.69, 9.17) is 14.2 Å². The van der Waals surface area contributed by atoms with Crippen LogP contribution in [0.3, 0.4) is 0 Å². The molecule has 8 nitrogen and oxygen atoms in total. The SMILES string of the molecule is CN=C(NCCc1ccc(OCC(=O)NC2CC2)cc1)NCc1ccc(OC)cc1OC. The van der Waals surface area contributed by atoms with Gasteiger partial charge in [0.15, 0.2) is 12.6 Å². The predicted molar refractivity (Wildman–Crippen MR) is 125 cm³/mol. The average Bonchev–Trinajstić information content (AvgIpc) is 3.64. The summed E-state index contributed by atoms with van der Waals surface area (Å²) in [6.07, 6.45) is 2.98. The number of aliphatic imine (C=N–C) groups is 1. The highest BCUT2D eigenvalue weighted by molar-refractivity contribution is 5.79. The minimum absolute atomic E-state index is 0.0539. The Labute approximate surface area is 189 Å². The van der Waals surface area contributed by atoms with E-state index in [-0.39, 0.29) is 12.5 Å². The van der Waals surface area contributed by atoms with E-state index in [0.717, 1.165) is 42.9 Å². The monoisotopic (exact) mass is 440 g/mol. The van der Waals surface area contributed by atoms with Crippen molar-refractivity contribution in [2.45, 2.75) is 31.8 Å². The molecule has 1 aliphatic carbocycles. The first-order valence-electron chi connectivity index (χ1n) is 10.8. The van der Waals surface area contributed by atoms with Crippen LogP contribution in [0.4, 0.5) is 0 Å². The fourth-order valence-corrected chi connectivity index (χ4v) is 3.12. The largest absolute Gasteiger partial charge is 0.497 e. The van der Waals surface area contributed by atoms with Crippen molar-refractivity contribution in [3.05, 3.63) is 53.6 Å². The lowest BCUT2D eigenvalue weighted by Gasteiger charge is -2.14. The van der Waals surface area contributed by atoms with Gasteiger partial charge in [0, 0.05) is 37.8 Å². The summed E-state index contributed by atoms with van der Waals surface area (Å²) in [7, 11) is 5.02. The van der Waals surface area contributed by atoms with E-state index in [1.807, 2.05) is 42.5 Å². The molecule has 0 atom stereocenters. The molecule has 172 valence electrons. The number of rotatable bonds is 11. The Morgan fingerprint density at radius 2 is 1.78 bits per heavy atom. The van der Waals surface area contributed by atoms with Gasteiger partial charge in [-0.15, -0.1) is 0 Å². The molecule has 1 saturated carbocycles. The third-order valence-corrected chi connectivity index (χ3v) is 5.11. The van der Waals surface area contributed by atoms with Crippen LogP contribution in [0, 0.1) is 0 Å². The second-order valence-electron chi connectivity index (χ2n) is 7.55. The molecule has 0 heterocycles. The van der Waals surface area contributed by atoms with Gasteiger partial charge in [-0.1, -0.05) is 12.1 Å². The van der Waals surface area contributed by atoms with Gasteiger partial charge in [0.2, 0.25) is 0 Å². The smallest absolute Gasteiger partial charge is 0.258 e. The van der Waals surface area contributed by atoms with E-state index >= 15 is 0 Å². The zero-order valence-corrected chi connectivity index (χ0v) is 18.9. The number of methoxy groups -OCH3 is 2. The summed E-state index contributed by atoms with van der Waals surface area (Å²) in [4.78, 5) is 16.0. The van der Waals surface area contributed by atoms with Gasteiger partial charge in [-0.25, -0.2) is 0 Å². The molecule has 0 unspecified atom stereocenters. The first kappa shape index (κ1) is 23.2. The van der Waals surface area contributed by atoms with Crippen LogP contribution in [0.15, 0.2) is 47.5 Å². The molecule has 8 heteroatoms. The molecule has 0 bridgehead atoms. The number of nitrogens with zero attached hydrogens (tertiary/aromatic N) is 1.